The molecule has 0 atom stereocenters. The Morgan fingerprint density at radius 1 is 1.29 bits per heavy atom. The zero-order chi connectivity index (χ0) is 16.9. The van der Waals surface area contributed by atoms with Crippen LogP contribution in [0.1, 0.15) is 12.1 Å². The molecule has 1 N–H and O–H groups in total. The Labute approximate surface area is 140 Å². The predicted octanol–water partition coefficient (Wildman–Crippen LogP) is 1.66. The Bertz CT molecular complexity index is 822. The average molecular weight is 327 g/mol. The van der Waals surface area contributed by atoms with Gasteiger partial charge in [0.15, 0.2) is 6.61 Å². The minimum absolute atomic E-state index is 0.0255. The lowest BCUT2D eigenvalue weighted by Crippen LogP contribution is -2.30. The Morgan fingerprint density at radius 2 is 2.08 bits per heavy atom. The molecule has 0 aliphatic rings. The second-order valence-corrected chi connectivity index (χ2v) is 5.62. The van der Waals surface area contributed by atoms with Gasteiger partial charge in [-0.25, -0.2) is 0 Å². The van der Waals surface area contributed by atoms with E-state index in [1.54, 1.807) is 0 Å². The zero-order valence-electron chi connectivity index (χ0n) is 13.9. The van der Waals surface area contributed by atoms with Crippen LogP contribution < -0.4 is 10.1 Å². The Hall–Kier alpha value is -2.83. The third kappa shape index (κ3) is 3.56. The lowest BCUT2D eigenvalue weighted by molar-refractivity contribution is -0.123. The summed E-state index contributed by atoms with van der Waals surface area (Å²) in [6.07, 6.45) is 2.61. The second-order valence-electron chi connectivity index (χ2n) is 5.62. The van der Waals surface area contributed by atoms with Crippen LogP contribution in [-0.2, 0) is 18.4 Å². The number of rotatable bonds is 7. The number of carbonyl (C=O) groups is 1. The van der Waals surface area contributed by atoms with Gasteiger partial charge in [0.2, 0.25) is 0 Å². The molecule has 3 rings (SSSR count). The van der Waals surface area contributed by atoms with Crippen molar-refractivity contribution >= 4 is 16.9 Å². The van der Waals surface area contributed by atoms with Crippen LogP contribution in [-0.4, -0.2) is 38.6 Å². The first-order chi connectivity index (χ1) is 11.6. The molecule has 0 aliphatic heterocycles. The molecule has 0 spiro atoms. The maximum atomic E-state index is 11.8. The lowest BCUT2D eigenvalue weighted by atomic mass is 10.3. The quantitative estimate of drug-likeness (QED) is 0.670. The van der Waals surface area contributed by atoms with Gasteiger partial charge in [-0.05, 0) is 25.5 Å². The summed E-state index contributed by atoms with van der Waals surface area (Å²) in [5.74, 6) is 0.570. The molecule has 2 heterocycles. The van der Waals surface area contributed by atoms with Crippen molar-refractivity contribution < 1.29 is 9.53 Å². The number of nitrogens with one attached hydrogen (secondary N) is 1. The number of carbonyl (C=O) groups excluding carboxylic acids is 1. The number of aromatic nitrogens is 4. The number of nitrogens with zero attached hydrogens (tertiary/aromatic N) is 4. The van der Waals surface area contributed by atoms with Gasteiger partial charge in [0.1, 0.15) is 16.8 Å². The van der Waals surface area contributed by atoms with Crippen molar-refractivity contribution in [3.63, 3.8) is 0 Å². The summed E-state index contributed by atoms with van der Waals surface area (Å²) in [7, 11) is 1.91. The van der Waals surface area contributed by atoms with Crippen LogP contribution in [0.25, 0.3) is 11.0 Å². The fraction of sp³-hybridized carbons (Fsp3) is 0.353. The van der Waals surface area contributed by atoms with Gasteiger partial charge in [-0.2, -0.15) is 10.2 Å². The molecular formula is C17H21N5O2. The molecular weight excluding hydrogens is 306 g/mol. The van der Waals surface area contributed by atoms with Gasteiger partial charge in [0.25, 0.3) is 5.91 Å². The van der Waals surface area contributed by atoms with Crippen LogP contribution in [0.4, 0.5) is 0 Å². The number of hydrogen-bond acceptors (Lipinski definition) is 4. The Morgan fingerprint density at radius 3 is 2.88 bits per heavy atom. The highest BCUT2D eigenvalue weighted by Gasteiger charge is 2.11. The van der Waals surface area contributed by atoms with E-state index in [0.29, 0.717) is 12.3 Å². The first-order valence-electron chi connectivity index (χ1n) is 7.95. The normalized spacial score (nSPS) is 10.9. The van der Waals surface area contributed by atoms with Crippen LogP contribution in [0.3, 0.4) is 0 Å². The molecule has 0 bridgehead atoms. The monoisotopic (exact) mass is 327 g/mol. The molecule has 2 aromatic heterocycles. The standard InChI is InChI=1S/C17H21N5O2/c1-13-17-15(21(2)20-13)11-19-22(17)10-6-9-18-16(23)12-24-14-7-4-3-5-8-14/h3-5,7-8,11H,6,9-10,12H2,1-2H3,(H,18,23). The maximum Gasteiger partial charge on any atom is 0.257 e. The summed E-state index contributed by atoms with van der Waals surface area (Å²) in [5.41, 5.74) is 3.04. The average Bonchev–Trinajstić information content (AvgIpc) is 3.13. The first kappa shape index (κ1) is 16.0. The number of ether oxygens (including phenoxy) is 1. The molecule has 24 heavy (non-hydrogen) atoms. The first-order valence-corrected chi connectivity index (χ1v) is 7.95. The van der Waals surface area contributed by atoms with Crippen LogP contribution >= 0.6 is 0 Å². The molecule has 3 aromatic rings. The van der Waals surface area contributed by atoms with Gasteiger partial charge < -0.3 is 10.1 Å². The molecule has 0 radical (unpaired) electrons. The highest BCUT2D eigenvalue weighted by molar-refractivity contribution is 5.78. The minimum Gasteiger partial charge on any atom is -0.484 e. The van der Waals surface area contributed by atoms with Gasteiger partial charge in [-0.1, -0.05) is 18.2 Å². The summed E-state index contributed by atoms with van der Waals surface area (Å²) in [6, 6.07) is 9.30. The van der Waals surface area contributed by atoms with Crippen molar-refractivity contribution in [3.05, 3.63) is 42.2 Å². The van der Waals surface area contributed by atoms with Crippen molar-refractivity contribution in [2.75, 3.05) is 13.2 Å². The van der Waals surface area contributed by atoms with E-state index in [2.05, 4.69) is 15.5 Å². The summed E-state index contributed by atoms with van der Waals surface area (Å²) >= 11 is 0. The van der Waals surface area contributed by atoms with E-state index in [4.69, 9.17) is 4.74 Å². The number of aryl methyl sites for hydroxylation is 3. The van der Waals surface area contributed by atoms with Crippen LogP contribution in [0.5, 0.6) is 5.75 Å². The smallest absolute Gasteiger partial charge is 0.257 e. The SMILES string of the molecule is Cc1nn(C)c2cnn(CCCNC(=O)COc3ccccc3)c12. The van der Waals surface area contributed by atoms with E-state index in [1.165, 1.54) is 0 Å². The molecule has 1 amide bonds. The van der Waals surface area contributed by atoms with Crippen LogP contribution in [0.15, 0.2) is 36.5 Å². The van der Waals surface area contributed by atoms with Crippen molar-refractivity contribution in [1.29, 1.82) is 0 Å². The van der Waals surface area contributed by atoms with Gasteiger partial charge in [-0.3, -0.25) is 14.2 Å². The fourth-order valence-electron chi connectivity index (χ4n) is 2.65. The molecule has 0 saturated heterocycles. The van der Waals surface area contributed by atoms with Crippen molar-refractivity contribution in [2.45, 2.75) is 19.9 Å². The van der Waals surface area contributed by atoms with E-state index >= 15 is 0 Å². The number of hydrogen-bond donors (Lipinski definition) is 1. The van der Waals surface area contributed by atoms with Crippen molar-refractivity contribution in [1.82, 2.24) is 24.9 Å². The fourth-order valence-corrected chi connectivity index (χ4v) is 2.65. The Balaban J connectivity index is 1.42. The predicted molar refractivity (Wildman–Crippen MR) is 90.8 cm³/mol. The molecule has 0 saturated carbocycles. The topological polar surface area (TPSA) is 74.0 Å². The van der Waals surface area contributed by atoms with Gasteiger partial charge in [0, 0.05) is 20.1 Å². The lowest BCUT2D eigenvalue weighted by Gasteiger charge is -2.07. The molecule has 1 aromatic carbocycles. The summed E-state index contributed by atoms with van der Waals surface area (Å²) in [5, 5.41) is 11.6. The van der Waals surface area contributed by atoms with Gasteiger partial charge >= 0.3 is 0 Å². The van der Waals surface area contributed by atoms with Crippen molar-refractivity contribution in [3.8, 4) is 5.75 Å². The highest BCUT2D eigenvalue weighted by Crippen LogP contribution is 2.16. The third-order valence-corrected chi connectivity index (χ3v) is 3.79. The van der Waals surface area contributed by atoms with E-state index in [-0.39, 0.29) is 12.5 Å². The minimum atomic E-state index is -0.123. The van der Waals surface area contributed by atoms with E-state index in [9.17, 15) is 4.79 Å². The molecule has 0 fully saturated rings. The number of benzene rings is 1. The van der Waals surface area contributed by atoms with E-state index in [0.717, 1.165) is 29.7 Å². The maximum absolute atomic E-state index is 11.8. The third-order valence-electron chi connectivity index (χ3n) is 3.79. The highest BCUT2D eigenvalue weighted by atomic mass is 16.5. The summed E-state index contributed by atoms with van der Waals surface area (Å²) in [4.78, 5) is 11.8. The van der Waals surface area contributed by atoms with Crippen LogP contribution in [0, 0.1) is 6.92 Å². The van der Waals surface area contributed by atoms with E-state index < -0.39 is 0 Å². The van der Waals surface area contributed by atoms with E-state index in [1.807, 2.05) is 59.9 Å². The number of fused-ring (bicyclic) bond motifs is 1. The number of para-hydroxylation sites is 1. The van der Waals surface area contributed by atoms with Gasteiger partial charge in [-0.15, -0.1) is 0 Å². The molecule has 7 heteroatoms. The summed E-state index contributed by atoms with van der Waals surface area (Å²) in [6.45, 7) is 3.31. The zero-order valence-corrected chi connectivity index (χ0v) is 13.9. The van der Waals surface area contributed by atoms with Crippen LogP contribution in [0.2, 0.25) is 0 Å². The molecule has 0 aliphatic carbocycles. The summed E-state index contributed by atoms with van der Waals surface area (Å²) < 4.78 is 9.17. The largest absolute Gasteiger partial charge is 0.484 e. The molecule has 126 valence electrons. The molecule has 7 nitrogen and oxygen atoms in total. The Kier molecular flexibility index (Phi) is 4.79. The number of amides is 1. The second kappa shape index (κ2) is 7.16. The van der Waals surface area contributed by atoms with Crippen molar-refractivity contribution in [2.24, 2.45) is 7.05 Å². The van der Waals surface area contributed by atoms with Gasteiger partial charge in [0.05, 0.1) is 11.9 Å². The molecule has 0 unspecified atom stereocenters.